The maximum absolute atomic E-state index is 12.1. The molecular weight excluding hydrogens is 550 g/mol. The van der Waals surface area contributed by atoms with Gasteiger partial charge in [-0.15, -0.1) is 0 Å². The summed E-state index contributed by atoms with van der Waals surface area (Å²) in [5.74, 6) is 0.638. The maximum atomic E-state index is 12.1. The van der Waals surface area contributed by atoms with Gasteiger partial charge in [-0.1, -0.05) is 75.4 Å². The van der Waals surface area contributed by atoms with Crippen molar-refractivity contribution in [2.75, 3.05) is 20.2 Å². The van der Waals surface area contributed by atoms with E-state index >= 15 is 0 Å². The van der Waals surface area contributed by atoms with E-state index in [1.54, 1.807) is 4.90 Å². The number of ether oxygens (including phenoxy) is 1. The molecule has 234 valence electrons. The topological polar surface area (TPSA) is 82.4 Å². The van der Waals surface area contributed by atoms with Crippen LogP contribution >= 0.6 is 0 Å². The molecule has 0 spiro atoms. The zero-order chi connectivity index (χ0) is 31.9. The van der Waals surface area contributed by atoms with Gasteiger partial charge in [0.15, 0.2) is 0 Å². The number of carboxylic acid groups (broad SMARTS) is 1. The number of nitrogens with zero attached hydrogens (tertiary/aromatic N) is 3. The number of aryl methyl sites for hydroxylation is 1. The molecule has 0 radical (unpaired) electrons. The molecule has 0 aromatic heterocycles. The van der Waals surface area contributed by atoms with Crippen LogP contribution in [0.3, 0.4) is 0 Å². The highest BCUT2D eigenvalue weighted by Gasteiger charge is 2.53. The van der Waals surface area contributed by atoms with Gasteiger partial charge in [-0.2, -0.15) is 5.10 Å². The average Bonchev–Trinajstić information content (AvgIpc) is 3.81. The number of amidine groups is 1. The zero-order valence-electron chi connectivity index (χ0n) is 27.1. The van der Waals surface area contributed by atoms with Crippen LogP contribution in [-0.2, 0) is 33.4 Å². The van der Waals surface area contributed by atoms with E-state index in [-0.39, 0.29) is 5.41 Å². The fourth-order valence-electron chi connectivity index (χ4n) is 5.58. The first-order valence-electron chi connectivity index (χ1n) is 15.7. The smallest absolute Gasteiger partial charge is 0.314 e. The van der Waals surface area contributed by atoms with E-state index in [1.807, 2.05) is 44.1 Å². The van der Waals surface area contributed by atoms with Gasteiger partial charge in [-0.05, 0) is 84.9 Å². The van der Waals surface area contributed by atoms with Gasteiger partial charge in [0.2, 0.25) is 6.41 Å². The van der Waals surface area contributed by atoms with Crippen molar-refractivity contribution in [2.45, 2.75) is 84.1 Å². The predicted molar refractivity (Wildman–Crippen MR) is 177 cm³/mol. The van der Waals surface area contributed by atoms with Crippen LogP contribution in [-0.4, -0.2) is 53.4 Å². The molecule has 0 saturated heterocycles. The molecule has 1 N–H and O–H groups in total. The monoisotopic (exact) mass is 597 g/mol. The number of hydrazone groups is 1. The zero-order valence-corrected chi connectivity index (χ0v) is 27.1. The van der Waals surface area contributed by atoms with Crippen molar-refractivity contribution in [1.29, 1.82) is 0 Å². The highest BCUT2D eigenvalue weighted by molar-refractivity contribution is 5.90. The summed E-state index contributed by atoms with van der Waals surface area (Å²) in [4.78, 5) is 25.6. The van der Waals surface area contributed by atoms with Crippen molar-refractivity contribution in [3.8, 4) is 16.9 Å². The van der Waals surface area contributed by atoms with Crippen LogP contribution in [0.5, 0.6) is 5.75 Å². The lowest BCUT2D eigenvalue weighted by Crippen LogP contribution is -2.31. The third-order valence-corrected chi connectivity index (χ3v) is 8.42. The fourth-order valence-corrected chi connectivity index (χ4v) is 5.58. The van der Waals surface area contributed by atoms with Gasteiger partial charge in [0.1, 0.15) is 11.6 Å². The molecule has 4 rings (SSSR count). The van der Waals surface area contributed by atoms with Gasteiger partial charge >= 0.3 is 5.97 Å². The molecule has 3 aromatic rings. The molecule has 7 heteroatoms. The largest absolute Gasteiger partial charge is 0.494 e. The normalized spacial score (nSPS) is 14.2. The lowest BCUT2D eigenvalue weighted by atomic mass is 9.87. The number of hydrogen-bond donors (Lipinski definition) is 1. The van der Waals surface area contributed by atoms with E-state index in [1.165, 1.54) is 16.7 Å². The Morgan fingerprint density at radius 1 is 0.977 bits per heavy atom. The molecule has 0 aliphatic heterocycles. The Morgan fingerprint density at radius 3 is 2.16 bits per heavy atom. The molecule has 3 aromatic carbocycles. The van der Waals surface area contributed by atoms with Crippen LogP contribution in [0.1, 0.15) is 82.6 Å². The lowest BCUT2D eigenvalue weighted by molar-refractivity contribution is -0.140. The highest BCUT2D eigenvalue weighted by atomic mass is 16.5. The van der Waals surface area contributed by atoms with E-state index < -0.39 is 11.4 Å². The first-order chi connectivity index (χ1) is 21.0. The second-order valence-electron chi connectivity index (χ2n) is 12.8. The number of carbonyl (C=O) groups excluding carboxylic acids is 1. The van der Waals surface area contributed by atoms with Crippen LogP contribution in [0, 0.1) is 0 Å². The molecule has 0 bridgehead atoms. The average molecular weight is 598 g/mol. The first-order valence-corrected chi connectivity index (χ1v) is 15.7. The summed E-state index contributed by atoms with van der Waals surface area (Å²) >= 11 is 0. The Balaban J connectivity index is 1.41. The van der Waals surface area contributed by atoms with Gasteiger partial charge in [0.25, 0.3) is 0 Å². The predicted octanol–water partition coefficient (Wildman–Crippen LogP) is 7.41. The van der Waals surface area contributed by atoms with E-state index in [2.05, 4.69) is 69.3 Å². The summed E-state index contributed by atoms with van der Waals surface area (Å²) in [7, 11) is 1.95. The van der Waals surface area contributed by atoms with E-state index in [4.69, 9.17) is 9.84 Å². The fraction of sp³-hybridized carbons (Fsp3) is 0.432. The Kier molecular flexibility index (Phi) is 10.5. The first kappa shape index (κ1) is 32.8. The standard InChI is InChI=1S/C37H47N3O4/c1-7-40(26-41)34(38-39(6)25-28-14-19-31(20-15-28)36(3,4)5)11-9-10-27-12-16-29(17-13-27)30-18-21-33(44-8-2)32(24-30)37(22-23-37)35(42)43/h12-21,24,26H,7-11,22-23,25H2,1-6H3,(H,42,43)/b38-34-. The Bertz CT molecular complexity index is 1450. The molecule has 1 saturated carbocycles. The summed E-state index contributed by atoms with van der Waals surface area (Å²) in [6.07, 6.45) is 4.52. The van der Waals surface area contributed by atoms with E-state index in [0.29, 0.717) is 44.7 Å². The van der Waals surface area contributed by atoms with Crippen molar-refractivity contribution in [1.82, 2.24) is 9.91 Å². The number of amides is 1. The van der Waals surface area contributed by atoms with Crippen LogP contribution in [0.15, 0.2) is 71.8 Å². The minimum absolute atomic E-state index is 0.113. The van der Waals surface area contributed by atoms with E-state index in [9.17, 15) is 14.7 Å². The summed E-state index contributed by atoms with van der Waals surface area (Å²) in [6.45, 7) is 12.2. The Hall–Kier alpha value is -4.13. The molecule has 1 fully saturated rings. The van der Waals surface area contributed by atoms with Gasteiger partial charge in [-0.25, -0.2) is 0 Å². The third kappa shape index (κ3) is 7.87. The second-order valence-corrected chi connectivity index (χ2v) is 12.8. The Labute approximate surface area is 262 Å². The molecule has 44 heavy (non-hydrogen) atoms. The molecule has 0 unspecified atom stereocenters. The van der Waals surface area contributed by atoms with Crippen LogP contribution < -0.4 is 4.74 Å². The number of carboxylic acids is 1. The quantitative estimate of drug-likeness (QED) is 0.0906. The highest BCUT2D eigenvalue weighted by Crippen LogP contribution is 2.52. The summed E-state index contributed by atoms with van der Waals surface area (Å²) in [5, 5.41) is 16.6. The number of benzene rings is 3. The maximum Gasteiger partial charge on any atom is 0.314 e. The number of rotatable bonds is 14. The summed E-state index contributed by atoms with van der Waals surface area (Å²) in [6, 6.07) is 23.0. The number of hydrogen-bond acceptors (Lipinski definition) is 5. The second kappa shape index (κ2) is 14.1. The van der Waals surface area contributed by atoms with E-state index in [0.717, 1.165) is 41.8 Å². The Morgan fingerprint density at radius 2 is 1.61 bits per heavy atom. The number of aliphatic carboxylic acids is 1. The summed E-state index contributed by atoms with van der Waals surface area (Å²) in [5.41, 5.74) is 5.74. The molecule has 7 nitrogen and oxygen atoms in total. The van der Waals surface area contributed by atoms with Crippen LogP contribution in [0.2, 0.25) is 0 Å². The van der Waals surface area contributed by atoms with Crippen molar-refractivity contribution in [3.63, 3.8) is 0 Å². The van der Waals surface area contributed by atoms with Crippen molar-refractivity contribution < 1.29 is 19.4 Å². The minimum atomic E-state index is -0.835. The third-order valence-electron chi connectivity index (χ3n) is 8.42. The minimum Gasteiger partial charge on any atom is -0.494 e. The summed E-state index contributed by atoms with van der Waals surface area (Å²) < 4.78 is 5.79. The van der Waals surface area contributed by atoms with Crippen LogP contribution in [0.4, 0.5) is 0 Å². The molecule has 1 aliphatic rings. The number of carbonyl (C=O) groups is 2. The van der Waals surface area contributed by atoms with Crippen molar-refractivity contribution >= 4 is 18.2 Å². The van der Waals surface area contributed by atoms with Gasteiger partial charge in [-0.3, -0.25) is 14.6 Å². The van der Waals surface area contributed by atoms with Gasteiger partial charge in [0.05, 0.1) is 18.6 Å². The molecule has 0 atom stereocenters. The van der Waals surface area contributed by atoms with Gasteiger partial charge < -0.3 is 14.7 Å². The molecule has 1 amide bonds. The molecule has 0 heterocycles. The molecular formula is C37H47N3O4. The SMILES string of the molecule is CCOc1ccc(-c2ccc(CCC/C(=N/N(C)Cc3ccc(C(C)(C)C)cc3)N(C=O)CC)cc2)cc1C1(C(=O)O)CC1. The lowest BCUT2D eigenvalue weighted by Gasteiger charge is -2.22. The van der Waals surface area contributed by atoms with Crippen LogP contribution in [0.25, 0.3) is 11.1 Å². The van der Waals surface area contributed by atoms with Gasteiger partial charge in [0, 0.05) is 25.6 Å². The van der Waals surface area contributed by atoms with Crippen molar-refractivity contribution in [2.24, 2.45) is 5.10 Å². The van der Waals surface area contributed by atoms with Crippen molar-refractivity contribution in [3.05, 3.63) is 89.0 Å². The molecule has 1 aliphatic carbocycles.